The van der Waals surface area contributed by atoms with Crippen LogP contribution in [-0.4, -0.2) is 47.1 Å². The molecule has 1 saturated heterocycles. The highest BCUT2D eigenvalue weighted by atomic mass is 16.5. The summed E-state index contributed by atoms with van der Waals surface area (Å²) in [6.45, 7) is 5.94. The van der Waals surface area contributed by atoms with Crippen LogP contribution in [-0.2, 0) is 4.74 Å². The normalized spacial score (nSPS) is 29.6. The van der Waals surface area contributed by atoms with E-state index < -0.39 is 11.2 Å². The van der Waals surface area contributed by atoms with Gasteiger partial charge in [0, 0.05) is 18.8 Å². The van der Waals surface area contributed by atoms with Gasteiger partial charge in [-0.05, 0) is 39.0 Å². The van der Waals surface area contributed by atoms with Crippen LogP contribution in [0.3, 0.4) is 0 Å². The van der Waals surface area contributed by atoms with Crippen molar-refractivity contribution >= 4 is 11.7 Å². The van der Waals surface area contributed by atoms with Gasteiger partial charge in [-0.25, -0.2) is 4.79 Å². The Kier molecular flexibility index (Phi) is 3.75. The molecule has 1 heterocycles. The largest absolute Gasteiger partial charge is 0.462 e. The second-order valence-electron chi connectivity index (χ2n) is 5.67. The van der Waals surface area contributed by atoms with Gasteiger partial charge >= 0.3 is 5.97 Å². The maximum atomic E-state index is 11.7. The first-order chi connectivity index (χ1) is 9.27. The Morgan fingerprint density at radius 2 is 1.90 bits per heavy atom. The standard InChI is InChI=1S/C15H21NO4/c1-4-20-13(17)11-6-5-7-12(8-11)16-9-14(2,18)15(3,19)10-16/h5-8,18-19H,4,9-10H2,1-3H3. The molecular weight excluding hydrogens is 258 g/mol. The average Bonchev–Trinajstić information content (AvgIpc) is 2.59. The topological polar surface area (TPSA) is 70.0 Å². The zero-order valence-electron chi connectivity index (χ0n) is 12.1. The third-order valence-corrected chi connectivity index (χ3v) is 3.88. The number of esters is 1. The smallest absolute Gasteiger partial charge is 0.338 e. The lowest BCUT2D eigenvalue weighted by atomic mass is 9.90. The van der Waals surface area contributed by atoms with Crippen LogP contribution in [0.2, 0.25) is 0 Å². The molecule has 0 spiro atoms. The number of ether oxygens (including phenoxy) is 1. The number of rotatable bonds is 3. The lowest BCUT2D eigenvalue weighted by Crippen LogP contribution is -2.48. The summed E-state index contributed by atoms with van der Waals surface area (Å²) in [6.07, 6.45) is 0. The monoisotopic (exact) mass is 279 g/mol. The number of carbonyl (C=O) groups excluding carboxylic acids is 1. The van der Waals surface area contributed by atoms with Gasteiger partial charge in [0.1, 0.15) is 11.2 Å². The van der Waals surface area contributed by atoms with Crippen molar-refractivity contribution in [2.45, 2.75) is 32.0 Å². The molecule has 110 valence electrons. The van der Waals surface area contributed by atoms with E-state index in [2.05, 4.69) is 0 Å². The zero-order chi connectivity index (χ0) is 15.0. The SMILES string of the molecule is CCOC(=O)c1cccc(N2CC(C)(O)C(C)(O)C2)c1. The lowest BCUT2D eigenvalue weighted by Gasteiger charge is -2.29. The van der Waals surface area contributed by atoms with Gasteiger partial charge in [-0.3, -0.25) is 0 Å². The van der Waals surface area contributed by atoms with E-state index in [0.29, 0.717) is 25.3 Å². The van der Waals surface area contributed by atoms with E-state index in [4.69, 9.17) is 4.74 Å². The zero-order valence-corrected chi connectivity index (χ0v) is 12.1. The quantitative estimate of drug-likeness (QED) is 0.813. The van der Waals surface area contributed by atoms with E-state index in [1.54, 1.807) is 39.0 Å². The van der Waals surface area contributed by atoms with Gasteiger partial charge in [0.2, 0.25) is 0 Å². The number of carbonyl (C=O) groups is 1. The minimum Gasteiger partial charge on any atom is -0.462 e. The number of hydrogen-bond donors (Lipinski definition) is 2. The second-order valence-corrected chi connectivity index (χ2v) is 5.67. The van der Waals surface area contributed by atoms with Crippen LogP contribution >= 0.6 is 0 Å². The summed E-state index contributed by atoms with van der Waals surface area (Å²) in [5, 5.41) is 20.5. The maximum absolute atomic E-state index is 11.7. The highest BCUT2D eigenvalue weighted by molar-refractivity contribution is 5.90. The van der Waals surface area contributed by atoms with E-state index in [1.807, 2.05) is 11.0 Å². The predicted molar refractivity (Wildman–Crippen MR) is 75.9 cm³/mol. The molecule has 0 saturated carbocycles. The molecule has 1 aliphatic rings. The minimum atomic E-state index is -1.19. The van der Waals surface area contributed by atoms with Gasteiger partial charge in [-0.1, -0.05) is 6.07 Å². The van der Waals surface area contributed by atoms with E-state index in [-0.39, 0.29) is 5.97 Å². The minimum absolute atomic E-state index is 0.312. The molecule has 0 bridgehead atoms. The van der Waals surface area contributed by atoms with E-state index in [9.17, 15) is 15.0 Å². The van der Waals surface area contributed by atoms with Gasteiger partial charge < -0.3 is 19.8 Å². The van der Waals surface area contributed by atoms with Crippen molar-refractivity contribution in [1.82, 2.24) is 0 Å². The molecular formula is C15H21NO4. The number of nitrogens with zero attached hydrogens (tertiary/aromatic N) is 1. The number of benzene rings is 1. The van der Waals surface area contributed by atoms with Crippen LogP contribution in [0.25, 0.3) is 0 Å². The molecule has 0 aromatic heterocycles. The molecule has 0 aliphatic carbocycles. The van der Waals surface area contributed by atoms with Crippen LogP contribution in [0.5, 0.6) is 0 Å². The first-order valence-electron chi connectivity index (χ1n) is 6.74. The Hall–Kier alpha value is -1.59. The van der Waals surface area contributed by atoms with E-state index in [1.165, 1.54) is 0 Å². The third-order valence-electron chi connectivity index (χ3n) is 3.88. The first kappa shape index (κ1) is 14.8. The number of aliphatic hydroxyl groups is 2. The van der Waals surface area contributed by atoms with Crippen molar-refractivity contribution in [1.29, 1.82) is 0 Å². The Bertz CT molecular complexity index is 494. The van der Waals surface area contributed by atoms with Crippen molar-refractivity contribution in [2.75, 3.05) is 24.6 Å². The molecule has 1 aliphatic heterocycles. The summed E-state index contributed by atoms with van der Waals surface area (Å²) in [5.41, 5.74) is -1.12. The molecule has 2 rings (SSSR count). The van der Waals surface area contributed by atoms with Crippen LogP contribution < -0.4 is 4.90 Å². The van der Waals surface area contributed by atoms with Crippen molar-refractivity contribution < 1.29 is 19.7 Å². The molecule has 0 radical (unpaired) electrons. The molecule has 2 N–H and O–H groups in total. The van der Waals surface area contributed by atoms with Crippen LogP contribution in [0.15, 0.2) is 24.3 Å². The number of hydrogen-bond acceptors (Lipinski definition) is 5. The third kappa shape index (κ3) is 2.64. The highest BCUT2D eigenvalue weighted by Gasteiger charge is 2.50. The summed E-state index contributed by atoms with van der Waals surface area (Å²) >= 11 is 0. The fourth-order valence-corrected chi connectivity index (χ4v) is 2.37. The highest BCUT2D eigenvalue weighted by Crippen LogP contribution is 2.34. The summed E-state index contributed by atoms with van der Waals surface area (Å²) in [7, 11) is 0. The van der Waals surface area contributed by atoms with Gasteiger partial charge in [-0.15, -0.1) is 0 Å². The van der Waals surface area contributed by atoms with E-state index in [0.717, 1.165) is 5.69 Å². The maximum Gasteiger partial charge on any atom is 0.338 e. The van der Waals surface area contributed by atoms with Crippen LogP contribution in [0.4, 0.5) is 5.69 Å². The Morgan fingerprint density at radius 1 is 1.30 bits per heavy atom. The fraction of sp³-hybridized carbons (Fsp3) is 0.533. The molecule has 1 fully saturated rings. The summed E-state index contributed by atoms with van der Waals surface area (Å²) in [5.74, 6) is -0.368. The molecule has 0 amide bonds. The number of anilines is 1. The Labute approximate surface area is 118 Å². The second kappa shape index (κ2) is 5.07. The molecule has 5 heteroatoms. The van der Waals surface area contributed by atoms with Crippen LogP contribution in [0, 0.1) is 0 Å². The summed E-state index contributed by atoms with van der Waals surface area (Å²) in [6, 6.07) is 7.02. The van der Waals surface area contributed by atoms with Gasteiger partial charge in [0.25, 0.3) is 0 Å². The first-order valence-corrected chi connectivity index (χ1v) is 6.74. The molecule has 2 atom stereocenters. The van der Waals surface area contributed by atoms with Gasteiger partial charge in [0.15, 0.2) is 0 Å². The predicted octanol–water partition coefficient (Wildman–Crippen LogP) is 1.19. The Morgan fingerprint density at radius 3 is 2.45 bits per heavy atom. The van der Waals surface area contributed by atoms with Crippen LogP contribution in [0.1, 0.15) is 31.1 Å². The van der Waals surface area contributed by atoms with Crippen molar-refractivity contribution in [3.05, 3.63) is 29.8 Å². The fourth-order valence-electron chi connectivity index (χ4n) is 2.37. The van der Waals surface area contributed by atoms with Crippen molar-refractivity contribution in [3.8, 4) is 0 Å². The van der Waals surface area contributed by atoms with Gasteiger partial charge in [-0.2, -0.15) is 0 Å². The van der Waals surface area contributed by atoms with Crippen molar-refractivity contribution in [3.63, 3.8) is 0 Å². The van der Waals surface area contributed by atoms with Gasteiger partial charge in [0.05, 0.1) is 12.2 Å². The molecule has 2 unspecified atom stereocenters. The summed E-state index contributed by atoms with van der Waals surface area (Å²) < 4.78 is 4.97. The molecule has 5 nitrogen and oxygen atoms in total. The lowest BCUT2D eigenvalue weighted by molar-refractivity contribution is -0.0935. The molecule has 1 aromatic carbocycles. The molecule has 20 heavy (non-hydrogen) atoms. The average molecular weight is 279 g/mol. The molecule has 1 aromatic rings. The van der Waals surface area contributed by atoms with E-state index >= 15 is 0 Å². The number of β-amino-alcohol motifs (C(OH)–C–C–N with tert-alkyl or cyclic N) is 2. The Balaban J connectivity index is 2.23. The summed E-state index contributed by atoms with van der Waals surface area (Å²) in [4.78, 5) is 13.6. The van der Waals surface area contributed by atoms with Crippen molar-refractivity contribution in [2.24, 2.45) is 0 Å².